The third-order valence-corrected chi connectivity index (χ3v) is 3.00. The van der Waals surface area contributed by atoms with Gasteiger partial charge in [-0.3, -0.25) is 0 Å². The molecule has 0 radical (unpaired) electrons. The summed E-state index contributed by atoms with van der Waals surface area (Å²) in [6.45, 7) is 2.11. The van der Waals surface area contributed by atoms with Crippen molar-refractivity contribution in [1.82, 2.24) is 4.98 Å². The van der Waals surface area contributed by atoms with Crippen molar-refractivity contribution in [3.63, 3.8) is 0 Å². The van der Waals surface area contributed by atoms with Crippen molar-refractivity contribution in [3.05, 3.63) is 53.3 Å². The summed E-state index contributed by atoms with van der Waals surface area (Å²) in [7, 11) is 0. The van der Waals surface area contributed by atoms with Crippen LogP contribution in [0.25, 0.3) is 0 Å². The Kier molecular flexibility index (Phi) is 4.80. The maximum absolute atomic E-state index is 8.46. The van der Waals surface area contributed by atoms with Crippen LogP contribution < -0.4 is 10.1 Å². The molecule has 1 unspecified atom stereocenters. The molecule has 0 saturated heterocycles. The molecule has 0 amide bonds. The van der Waals surface area contributed by atoms with Crippen molar-refractivity contribution in [3.8, 4) is 11.8 Å². The first-order valence-electron chi connectivity index (χ1n) is 6.17. The molecular weight excluding hydrogens is 274 g/mol. The summed E-state index contributed by atoms with van der Waals surface area (Å²) in [6, 6.07) is 13.3. The molecule has 1 heterocycles. The summed E-state index contributed by atoms with van der Waals surface area (Å²) in [4.78, 5) is 3.94. The van der Waals surface area contributed by atoms with Crippen LogP contribution in [0.4, 0.5) is 5.69 Å². The lowest BCUT2D eigenvalue weighted by atomic mass is 10.1. The summed E-state index contributed by atoms with van der Waals surface area (Å²) >= 11 is 5.85. The molecule has 2 aromatic rings. The molecule has 4 nitrogen and oxygen atoms in total. The first-order valence-corrected chi connectivity index (χ1v) is 6.54. The van der Waals surface area contributed by atoms with Crippen molar-refractivity contribution in [1.29, 1.82) is 5.26 Å². The fourth-order valence-electron chi connectivity index (χ4n) is 1.79. The number of hydrogen-bond donors (Lipinski definition) is 1. The van der Waals surface area contributed by atoms with E-state index in [4.69, 9.17) is 21.6 Å². The van der Waals surface area contributed by atoms with Crippen molar-refractivity contribution >= 4 is 17.3 Å². The Morgan fingerprint density at radius 2 is 2.10 bits per heavy atom. The van der Waals surface area contributed by atoms with Gasteiger partial charge in [-0.15, -0.1) is 0 Å². The van der Waals surface area contributed by atoms with E-state index in [0.29, 0.717) is 10.9 Å². The Morgan fingerprint density at radius 1 is 1.35 bits per heavy atom. The third-order valence-electron chi connectivity index (χ3n) is 2.79. The molecule has 0 fully saturated rings. The molecule has 1 atom stereocenters. The topological polar surface area (TPSA) is 57.9 Å². The van der Waals surface area contributed by atoms with Crippen LogP contribution in [-0.4, -0.2) is 11.6 Å². The third kappa shape index (κ3) is 3.87. The number of benzene rings is 1. The van der Waals surface area contributed by atoms with Crippen molar-refractivity contribution < 1.29 is 4.74 Å². The van der Waals surface area contributed by atoms with Gasteiger partial charge < -0.3 is 10.1 Å². The van der Waals surface area contributed by atoms with E-state index in [0.717, 1.165) is 11.3 Å². The van der Waals surface area contributed by atoms with Crippen LogP contribution in [0.2, 0.25) is 5.15 Å². The van der Waals surface area contributed by atoms with E-state index in [1.807, 2.05) is 36.4 Å². The second-order valence-electron chi connectivity index (χ2n) is 4.25. The van der Waals surface area contributed by atoms with Gasteiger partial charge in [-0.1, -0.05) is 23.7 Å². The average Bonchev–Trinajstić information content (AvgIpc) is 2.45. The lowest BCUT2D eigenvalue weighted by molar-refractivity contribution is 0.368. The second kappa shape index (κ2) is 6.78. The Bertz CT molecular complexity index is 607. The molecule has 1 aromatic heterocycles. The Labute approximate surface area is 123 Å². The lowest BCUT2D eigenvalue weighted by Gasteiger charge is -2.16. The Balaban J connectivity index is 2.02. The number of ether oxygens (including phenoxy) is 1. The zero-order valence-electron chi connectivity index (χ0n) is 11.0. The van der Waals surface area contributed by atoms with Gasteiger partial charge in [-0.05, 0) is 36.8 Å². The summed E-state index contributed by atoms with van der Waals surface area (Å²) in [6.07, 6.45) is 1.66. The molecule has 102 valence electrons. The van der Waals surface area contributed by atoms with E-state index >= 15 is 0 Å². The smallest absolute Gasteiger partial charge is 0.174 e. The summed E-state index contributed by atoms with van der Waals surface area (Å²) < 4.78 is 5.22. The average molecular weight is 288 g/mol. The Morgan fingerprint density at radius 3 is 2.75 bits per heavy atom. The van der Waals surface area contributed by atoms with Gasteiger partial charge in [-0.2, -0.15) is 5.26 Å². The first kappa shape index (κ1) is 14.2. The zero-order chi connectivity index (χ0) is 14.4. The van der Waals surface area contributed by atoms with Crippen LogP contribution in [0.1, 0.15) is 18.5 Å². The largest absolute Gasteiger partial charge is 0.479 e. The van der Waals surface area contributed by atoms with Crippen molar-refractivity contribution in [2.75, 3.05) is 11.9 Å². The highest BCUT2D eigenvalue weighted by Gasteiger charge is 2.06. The molecule has 0 bridgehead atoms. The SMILES string of the molecule is CC(Nc1ccnc(Cl)c1)c1ccc(OCC#N)cc1. The number of rotatable bonds is 5. The maximum Gasteiger partial charge on any atom is 0.174 e. The fraction of sp³-hybridized carbons (Fsp3) is 0.200. The minimum atomic E-state index is 0.0582. The van der Waals surface area contributed by atoms with E-state index in [1.54, 1.807) is 12.3 Å². The van der Waals surface area contributed by atoms with Gasteiger partial charge in [0.1, 0.15) is 17.0 Å². The molecule has 5 heteroatoms. The molecule has 2 rings (SSSR count). The molecule has 1 aromatic carbocycles. The summed E-state index contributed by atoms with van der Waals surface area (Å²) in [5.74, 6) is 0.689. The Hall–Kier alpha value is -2.25. The van der Waals surface area contributed by atoms with E-state index in [9.17, 15) is 0 Å². The molecule has 0 aliphatic rings. The summed E-state index contributed by atoms with van der Waals surface area (Å²) in [5, 5.41) is 12.3. The minimum absolute atomic E-state index is 0.0582. The molecule has 0 saturated carbocycles. The van der Waals surface area contributed by atoms with Gasteiger partial charge in [-0.25, -0.2) is 4.98 Å². The number of nitrogens with one attached hydrogen (secondary N) is 1. The molecule has 0 spiro atoms. The van der Waals surface area contributed by atoms with Crippen molar-refractivity contribution in [2.24, 2.45) is 0 Å². The number of halogens is 1. The quantitative estimate of drug-likeness (QED) is 0.850. The maximum atomic E-state index is 8.46. The molecule has 0 aliphatic carbocycles. The molecule has 20 heavy (non-hydrogen) atoms. The van der Waals surface area contributed by atoms with Crippen LogP contribution in [0.5, 0.6) is 5.75 Å². The normalized spacial score (nSPS) is 11.4. The van der Waals surface area contributed by atoms with Gasteiger partial charge in [0, 0.05) is 17.9 Å². The van der Waals surface area contributed by atoms with Gasteiger partial charge in [0.25, 0.3) is 0 Å². The highest BCUT2D eigenvalue weighted by atomic mass is 35.5. The fourth-order valence-corrected chi connectivity index (χ4v) is 1.97. The van der Waals surface area contributed by atoms with Gasteiger partial charge in [0.2, 0.25) is 0 Å². The standard InChI is InChI=1S/C15H14ClN3O/c1-11(19-13-6-8-18-15(16)10-13)12-2-4-14(5-3-12)20-9-7-17/h2-6,8,10-11H,9H2,1H3,(H,18,19). The number of aromatic nitrogens is 1. The van der Waals surface area contributed by atoms with E-state index in [-0.39, 0.29) is 12.6 Å². The first-order chi connectivity index (χ1) is 9.69. The number of nitrogens with zero attached hydrogens (tertiary/aromatic N) is 2. The van der Waals surface area contributed by atoms with Gasteiger partial charge in [0.05, 0.1) is 0 Å². The molecule has 0 aliphatic heterocycles. The van der Waals surface area contributed by atoms with Gasteiger partial charge >= 0.3 is 0 Å². The zero-order valence-corrected chi connectivity index (χ0v) is 11.8. The predicted molar refractivity (Wildman–Crippen MR) is 78.8 cm³/mol. The molecular formula is C15H14ClN3O. The highest BCUT2D eigenvalue weighted by molar-refractivity contribution is 6.29. The number of nitriles is 1. The molecule has 1 N–H and O–H groups in total. The van der Waals surface area contributed by atoms with Gasteiger partial charge in [0.15, 0.2) is 6.61 Å². The van der Waals surface area contributed by atoms with E-state index in [2.05, 4.69) is 17.2 Å². The van der Waals surface area contributed by atoms with Crippen LogP contribution in [0.15, 0.2) is 42.6 Å². The van der Waals surface area contributed by atoms with Crippen molar-refractivity contribution in [2.45, 2.75) is 13.0 Å². The van der Waals surface area contributed by atoms with E-state index < -0.39 is 0 Å². The summed E-state index contributed by atoms with van der Waals surface area (Å²) in [5.41, 5.74) is 2.03. The minimum Gasteiger partial charge on any atom is -0.479 e. The number of hydrogen-bond acceptors (Lipinski definition) is 4. The predicted octanol–water partition coefficient (Wildman–Crippen LogP) is 3.81. The monoisotopic (exact) mass is 287 g/mol. The second-order valence-corrected chi connectivity index (χ2v) is 4.64. The van der Waals surface area contributed by atoms with E-state index in [1.165, 1.54) is 0 Å². The number of pyridine rings is 1. The lowest BCUT2D eigenvalue weighted by Crippen LogP contribution is -2.06. The van der Waals surface area contributed by atoms with Crippen LogP contribution in [0.3, 0.4) is 0 Å². The highest BCUT2D eigenvalue weighted by Crippen LogP contribution is 2.22. The number of anilines is 1. The van der Waals surface area contributed by atoms with Crippen LogP contribution in [-0.2, 0) is 0 Å². The van der Waals surface area contributed by atoms with Crippen LogP contribution >= 0.6 is 11.6 Å². The van der Waals surface area contributed by atoms with Crippen LogP contribution in [0, 0.1) is 11.3 Å².